The van der Waals surface area contributed by atoms with Gasteiger partial charge in [-0.25, -0.2) is 8.78 Å². The van der Waals surface area contributed by atoms with E-state index in [4.69, 9.17) is 16.0 Å². The van der Waals surface area contributed by atoms with Crippen LogP contribution in [-0.2, 0) is 0 Å². The predicted molar refractivity (Wildman–Crippen MR) is 71.0 cm³/mol. The largest absolute Gasteiger partial charge is 0.453 e. The molecule has 0 radical (unpaired) electrons. The molecular formula is C15H7ClF2O2. The highest BCUT2D eigenvalue weighted by molar-refractivity contribution is 6.35. The summed E-state index contributed by atoms with van der Waals surface area (Å²) in [6.07, 6.45) is 0. The summed E-state index contributed by atoms with van der Waals surface area (Å²) in [4.78, 5) is 12.2. The Hall–Kier alpha value is -2.20. The molecule has 2 nitrogen and oxygen atoms in total. The van der Waals surface area contributed by atoms with Gasteiger partial charge >= 0.3 is 0 Å². The molecule has 0 bridgehead atoms. The fourth-order valence-corrected chi connectivity index (χ4v) is 2.14. The molecule has 0 amide bonds. The van der Waals surface area contributed by atoms with Gasteiger partial charge < -0.3 is 4.42 Å². The van der Waals surface area contributed by atoms with Crippen LogP contribution in [0.5, 0.6) is 0 Å². The van der Waals surface area contributed by atoms with Gasteiger partial charge in [0.1, 0.15) is 5.58 Å². The topological polar surface area (TPSA) is 30.2 Å². The van der Waals surface area contributed by atoms with Crippen molar-refractivity contribution in [2.75, 3.05) is 0 Å². The standard InChI is InChI=1S/C15H7ClF2O2/c16-10-2-1-3-13-9(10)7-14(20-13)15(19)8-4-5-11(17)12(18)6-8/h1-7H. The van der Waals surface area contributed by atoms with Gasteiger partial charge in [-0.15, -0.1) is 0 Å². The molecule has 5 heteroatoms. The Morgan fingerprint density at radius 1 is 1.05 bits per heavy atom. The molecule has 0 aliphatic rings. The number of rotatable bonds is 2. The Morgan fingerprint density at radius 2 is 1.85 bits per heavy atom. The first kappa shape index (κ1) is 12.8. The van der Waals surface area contributed by atoms with Crippen molar-refractivity contribution in [1.82, 2.24) is 0 Å². The van der Waals surface area contributed by atoms with Crippen LogP contribution in [0.25, 0.3) is 11.0 Å². The molecule has 0 N–H and O–H groups in total. The Morgan fingerprint density at radius 3 is 2.55 bits per heavy atom. The lowest BCUT2D eigenvalue weighted by Crippen LogP contribution is -2.00. The Bertz CT molecular complexity index is 824. The van der Waals surface area contributed by atoms with E-state index in [9.17, 15) is 13.6 Å². The van der Waals surface area contributed by atoms with Crippen LogP contribution in [0.4, 0.5) is 8.78 Å². The number of carbonyl (C=O) groups excluding carboxylic acids is 1. The third-order valence-electron chi connectivity index (χ3n) is 2.91. The number of halogens is 3. The summed E-state index contributed by atoms with van der Waals surface area (Å²) in [6, 6.07) is 9.47. The van der Waals surface area contributed by atoms with Crippen molar-refractivity contribution in [3.8, 4) is 0 Å². The van der Waals surface area contributed by atoms with Crippen LogP contribution in [0, 0.1) is 11.6 Å². The monoisotopic (exact) mass is 292 g/mol. The summed E-state index contributed by atoms with van der Waals surface area (Å²) in [5, 5.41) is 1.05. The lowest BCUT2D eigenvalue weighted by atomic mass is 10.1. The summed E-state index contributed by atoms with van der Waals surface area (Å²) in [5.74, 6) is -2.59. The fourth-order valence-electron chi connectivity index (χ4n) is 1.92. The number of hydrogen-bond donors (Lipinski definition) is 0. The second-order valence-electron chi connectivity index (χ2n) is 4.22. The first-order valence-corrected chi connectivity index (χ1v) is 6.12. The van der Waals surface area contributed by atoms with E-state index in [2.05, 4.69) is 0 Å². The molecule has 3 rings (SSSR count). The lowest BCUT2D eigenvalue weighted by Gasteiger charge is -1.98. The Kier molecular flexibility index (Phi) is 3.03. The lowest BCUT2D eigenvalue weighted by molar-refractivity contribution is 0.101. The molecule has 0 unspecified atom stereocenters. The molecular weight excluding hydrogens is 286 g/mol. The van der Waals surface area contributed by atoms with Crippen molar-refractivity contribution in [3.05, 3.63) is 70.4 Å². The SMILES string of the molecule is O=C(c1ccc(F)c(F)c1)c1cc2c(Cl)cccc2o1. The molecule has 0 spiro atoms. The van der Waals surface area contributed by atoms with Crippen LogP contribution in [-0.4, -0.2) is 5.78 Å². The molecule has 0 aliphatic heterocycles. The van der Waals surface area contributed by atoms with Crippen LogP contribution in [0.2, 0.25) is 5.02 Å². The third kappa shape index (κ3) is 2.08. The quantitative estimate of drug-likeness (QED) is 0.646. The van der Waals surface area contributed by atoms with Gasteiger partial charge in [0.2, 0.25) is 5.78 Å². The first-order valence-electron chi connectivity index (χ1n) is 5.74. The predicted octanol–water partition coefficient (Wildman–Crippen LogP) is 4.60. The smallest absolute Gasteiger partial charge is 0.228 e. The summed E-state index contributed by atoms with van der Waals surface area (Å²) < 4.78 is 31.4. The molecule has 0 atom stereocenters. The highest BCUT2D eigenvalue weighted by Gasteiger charge is 2.17. The average molecular weight is 293 g/mol. The van der Waals surface area contributed by atoms with E-state index in [0.717, 1.165) is 12.1 Å². The average Bonchev–Trinajstić information content (AvgIpc) is 2.86. The van der Waals surface area contributed by atoms with E-state index in [0.29, 0.717) is 16.0 Å². The van der Waals surface area contributed by atoms with Crippen LogP contribution in [0.15, 0.2) is 46.9 Å². The molecule has 1 aromatic heterocycles. The maximum atomic E-state index is 13.1. The highest BCUT2D eigenvalue weighted by Crippen LogP contribution is 2.27. The van der Waals surface area contributed by atoms with Gasteiger partial charge in [-0.3, -0.25) is 4.79 Å². The minimum atomic E-state index is -1.08. The number of benzene rings is 2. The van der Waals surface area contributed by atoms with Crippen molar-refractivity contribution >= 4 is 28.4 Å². The second kappa shape index (κ2) is 4.72. The van der Waals surface area contributed by atoms with E-state index in [1.54, 1.807) is 18.2 Å². The minimum Gasteiger partial charge on any atom is -0.453 e. The van der Waals surface area contributed by atoms with Crippen LogP contribution >= 0.6 is 11.6 Å². The van der Waals surface area contributed by atoms with Gasteiger partial charge in [0, 0.05) is 10.9 Å². The summed E-state index contributed by atoms with van der Waals surface area (Å²) in [6.45, 7) is 0. The van der Waals surface area contributed by atoms with E-state index in [-0.39, 0.29) is 11.3 Å². The van der Waals surface area contributed by atoms with E-state index in [1.165, 1.54) is 12.1 Å². The van der Waals surface area contributed by atoms with Gasteiger partial charge in [-0.05, 0) is 36.4 Å². The highest BCUT2D eigenvalue weighted by atomic mass is 35.5. The number of carbonyl (C=O) groups is 1. The van der Waals surface area contributed by atoms with Gasteiger partial charge in [0.15, 0.2) is 17.4 Å². The summed E-state index contributed by atoms with van der Waals surface area (Å²) in [7, 11) is 0. The Balaban J connectivity index is 2.08. The van der Waals surface area contributed by atoms with Crippen molar-refractivity contribution in [2.24, 2.45) is 0 Å². The fraction of sp³-hybridized carbons (Fsp3) is 0. The molecule has 1 heterocycles. The van der Waals surface area contributed by atoms with Crippen molar-refractivity contribution in [1.29, 1.82) is 0 Å². The maximum Gasteiger partial charge on any atom is 0.228 e. The van der Waals surface area contributed by atoms with Crippen molar-refractivity contribution in [3.63, 3.8) is 0 Å². The van der Waals surface area contributed by atoms with Crippen LogP contribution in [0.3, 0.4) is 0 Å². The molecule has 3 aromatic rings. The zero-order valence-corrected chi connectivity index (χ0v) is 10.7. The van der Waals surface area contributed by atoms with Gasteiger partial charge in [-0.1, -0.05) is 17.7 Å². The minimum absolute atomic E-state index is 0.0130. The molecule has 0 fully saturated rings. The molecule has 0 saturated carbocycles. The van der Waals surface area contributed by atoms with Gasteiger partial charge in [0.05, 0.1) is 5.02 Å². The second-order valence-corrected chi connectivity index (χ2v) is 4.63. The normalized spacial score (nSPS) is 10.9. The van der Waals surface area contributed by atoms with Gasteiger partial charge in [-0.2, -0.15) is 0 Å². The molecule has 0 aliphatic carbocycles. The van der Waals surface area contributed by atoms with E-state index >= 15 is 0 Å². The molecule has 2 aromatic carbocycles. The first-order chi connectivity index (χ1) is 9.56. The molecule has 20 heavy (non-hydrogen) atoms. The number of ketones is 1. The molecule has 100 valence electrons. The Labute approximate surface area is 117 Å². The van der Waals surface area contributed by atoms with E-state index < -0.39 is 17.4 Å². The number of fused-ring (bicyclic) bond motifs is 1. The summed E-state index contributed by atoms with van der Waals surface area (Å²) in [5.41, 5.74) is 0.475. The van der Waals surface area contributed by atoms with Crippen molar-refractivity contribution < 1.29 is 18.0 Å². The molecule has 0 saturated heterocycles. The van der Waals surface area contributed by atoms with Crippen LogP contribution < -0.4 is 0 Å². The van der Waals surface area contributed by atoms with Crippen LogP contribution in [0.1, 0.15) is 16.1 Å². The van der Waals surface area contributed by atoms with Gasteiger partial charge in [0.25, 0.3) is 0 Å². The van der Waals surface area contributed by atoms with Crippen molar-refractivity contribution in [2.45, 2.75) is 0 Å². The zero-order chi connectivity index (χ0) is 14.3. The van der Waals surface area contributed by atoms with E-state index in [1.807, 2.05) is 0 Å². The summed E-state index contributed by atoms with van der Waals surface area (Å²) >= 11 is 5.99. The number of furan rings is 1. The third-order valence-corrected chi connectivity index (χ3v) is 3.24. The zero-order valence-electron chi connectivity index (χ0n) is 9.99. The maximum absolute atomic E-state index is 13.1. The number of hydrogen-bond acceptors (Lipinski definition) is 2.